The molecule has 0 unspecified atom stereocenters. The van der Waals surface area contributed by atoms with Gasteiger partial charge in [0.2, 0.25) is 5.95 Å². The number of rotatable bonds is 5. The van der Waals surface area contributed by atoms with Crippen LogP contribution in [0.3, 0.4) is 0 Å². The molecule has 29 heavy (non-hydrogen) atoms. The van der Waals surface area contributed by atoms with E-state index in [9.17, 15) is 0 Å². The van der Waals surface area contributed by atoms with Crippen molar-refractivity contribution < 1.29 is 9.47 Å². The topological polar surface area (TPSA) is 50.7 Å². The van der Waals surface area contributed by atoms with Gasteiger partial charge in [-0.2, -0.15) is 0 Å². The lowest BCUT2D eigenvalue weighted by atomic mass is 10.1. The fraction of sp³-hybridized carbons (Fsp3) is 0.304. The van der Waals surface area contributed by atoms with Crippen molar-refractivity contribution in [2.45, 2.75) is 0 Å². The van der Waals surface area contributed by atoms with E-state index in [-0.39, 0.29) is 0 Å². The van der Waals surface area contributed by atoms with Crippen LogP contribution in [-0.2, 0) is 0 Å². The van der Waals surface area contributed by atoms with Gasteiger partial charge in [-0.25, -0.2) is 9.97 Å². The Morgan fingerprint density at radius 1 is 0.724 bits per heavy atom. The van der Waals surface area contributed by atoms with Crippen LogP contribution < -0.4 is 14.4 Å². The summed E-state index contributed by atoms with van der Waals surface area (Å²) in [6, 6.07) is 18.1. The molecule has 0 radical (unpaired) electrons. The molecule has 2 heterocycles. The van der Waals surface area contributed by atoms with Crippen molar-refractivity contribution in [2.75, 3.05) is 52.3 Å². The van der Waals surface area contributed by atoms with E-state index in [1.807, 2.05) is 42.5 Å². The van der Waals surface area contributed by atoms with Crippen LogP contribution in [0.1, 0.15) is 0 Å². The Kier molecular flexibility index (Phi) is 5.62. The van der Waals surface area contributed by atoms with E-state index >= 15 is 0 Å². The molecule has 4 rings (SSSR count). The van der Waals surface area contributed by atoms with E-state index in [1.165, 1.54) is 0 Å². The fourth-order valence-corrected chi connectivity index (χ4v) is 3.48. The van der Waals surface area contributed by atoms with Crippen LogP contribution in [-0.4, -0.2) is 62.3 Å². The highest BCUT2D eigenvalue weighted by molar-refractivity contribution is 5.71. The molecular weight excluding hydrogens is 364 g/mol. The Balaban J connectivity index is 1.79. The second-order valence-electron chi connectivity index (χ2n) is 7.16. The zero-order valence-corrected chi connectivity index (χ0v) is 17.1. The summed E-state index contributed by atoms with van der Waals surface area (Å²) in [7, 11) is 5.43. The van der Waals surface area contributed by atoms with Gasteiger partial charge in [-0.15, -0.1) is 0 Å². The van der Waals surface area contributed by atoms with Gasteiger partial charge in [-0.1, -0.05) is 30.3 Å². The van der Waals surface area contributed by atoms with Crippen molar-refractivity contribution in [1.29, 1.82) is 0 Å². The van der Waals surface area contributed by atoms with E-state index in [0.717, 1.165) is 54.6 Å². The van der Waals surface area contributed by atoms with Gasteiger partial charge in [0, 0.05) is 37.3 Å². The van der Waals surface area contributed by atoms with Gasteiger partial charge in [-0.05, 0) is 31.3 Å². The Morgan fingerprint density at radius 2 is 1.38 bits per heavy atom. The molecule has 0 bridgehead atoms. The second-order valence-corrected chi connectivity index (χ2v) is 7.16. The summed E-state index contributed by atoms with van der Waals surface area (Å²) in [6.07, 6.45) is 0. The molecule has 0 N–H and O–H groups in total. The van der Waals surface area contributed by atoms with Crippen molar-refractivity contribution in [3.63, 3.8) is 0 Å². The predicted octanol–water partition coefficient (Wildman–Crippen LogP) is 3.58. The van der Waals surface area contributed by atoms with Crippen LogP contribution in [0.5, 0.6) is 11.5 Å². The van der Waals surface area contributed by atoms with E-state index in [4.69, 9.17) is 19.4 Å². The Labute approximate surface area is 171 Å². The highest BCUT2D eigenvalue weighted by atomic mass is 16.5. The van der Waals surface area contributed by atoms with E-state index < -0.39 is 0 Å². The minimum absolute atomic E-state index is 0.686. The molecule has 1 aliphatic rings. The van der Waals surface area contributed by atoms with Gasteiger partial charge in [0.1, 0.15) is 0 Å². The lowest BCUT2D eigenvalue weighted by molar-refractivity contribution is 0.311. The molecular formula is C23H26N4O2. The normalized spacial score (nSPS) is 14.7. The van der Waals surface area contributed by atoms with Crippen LogP contribution >= 0.6 is 0 Å². The fourth-order valence-electron chi connectivity index (χ4n) is 3.48. The number of piperazine rings is 1. The zero-order chi connectivity index (χ0) is 20.2. The summed E-state index contributed by atoms with van der Waals surface area (Å²) in [5.74, 6) is 2.16. The van der Waals surface area contributed by atoms with Crippen molar-refractivity contribution in [3.8, 4) is 34.0 Å². The molecule has 0 saturated carbocycles. The van der Waals surface area contributed by atoms with Gasteiger partial charge in [-0.3, -0.25) is 0 Å². The molecule has 1 aliphatic heterocycles. The smallest absolute Gasteiger partial charge is 0.226 e. The maximum Gasteiger partial charge on any atom is 0.226 e. The third-order valence-corrected chi connectivity index (χ3v) is 5.25. The summed E-state index contributed by atoms with van der Waals surface area (Å²) >= 11 is 0. The van der Waals surface area contributed by atoms with Gasteiger partial charge < -0.3 is 19.3 Å². The number of hydrogen-bond acceptors (Lipinski definition) is 6. The predicted molar refractivity (Wildman–Crippen MR) is 116 cm³/mol. The van der Waals surface area contributed by atoms with Crippen LogP contribution in [0.25, 0.3) is 22.5 Å². The Hall–Kier alpha value is -3.12. The van der Waals surface area contributed by atoms with E-state index in [2.05, 4.69) is 29.0 Å². The minimum Gasteiger partial charge on any atom is -0.493 e. The number of aromatic nitrogens is 2. The highest BCUT2D eigenvalue weighted by Gasteiger charge is 2.19. The molecule has 1 aromatic heterocycles. The average molecular weight is 390 g/mol. The SMILES string of the molecule is COc1ccc(-c2cc(-c3ccccc3)nc(N3CCN(C)CC3)n2)cc1OC. The first-order valence-corrected chi connectivity index (χ1v) is 9.78. The van der Waals surface area contributed by atoms with E-state index in [0.29, 0.717) is 11.5 Å². The Bertz CT molecular complexity index is 970. The van der Waals surface area contributed by atoms with Gasteiger partial charge in [0.05, 0.1) is 25.6 Å². The average Bonchev–Trinajstić information content (AvgIpc) is 2.79. The van der Waals surface area contributed by atoms with Crippen LogP contribution in [0.4, 0.5) is 5.95 Å². The summed E-state index contributed by atoms with van der Waals surface area (Å²) in [5, 5.41) is 0. The molecule has 0 atom stereocenters. The molecule has 2 aromatic carbocycles. The lowest BCUT2D eigenvalue weighted by Gasteiger charge is -2.32. The van der Waals surface area contributed by atoms with Crippen molar-refractivity contribution in [1.82, 2.24) is 14.9 Å². The first kappa shape index (κ1) is 19.2. The monoisotopic (exact) mass is 390 g/mol. The van der Waals surface area contributed by atoms with Gasteiger partial charge in [0.25, 0.3) is 0 Å². The number of ether oxygens (including phenoxy) is 2. The van der Waals surface area contributed by atoms with Gasteiger partial charge in [0.15, 0.2) is 11.5 Å². The van der Waals surface area contributed by atoms with Crippen LogP contribution in [0, 0.1) is 0 Å². The molecule has 1 saturated heterocycles. The first-order chi connectivity index (χ1) is 14.2. The summed E-state index contributed by atoms with van der Waals surface area (Å²) in [4.78, 5) is 14.4. The highest BCUT2D eigenvalue weighted by Crippen LogP contribution is 2.33. The molecule has 1 fully saturated rings. The molecule has 6 heteroatoms. The van der Waals surface area contributed by atoms with Crippen LogP contribution in [0.2, 0.25) is 0 Å². The maximum absolute atomic E-state index is 5.49. The van der Waals surface area contributed by atoms with Crippen molar-refractivity contribution >= 4 is 5.95 Å². The standard InChI is InChI=1S/C23H26N4O2/c1-26-11-13-27(14-12-26)23-24-19(17-7-5-4-6-8-17)16-20(25-23)18-9-10-21(28-2)22(15-18)29-3/h4-10,15-16H,11-14H2,1-3H3. The number of nitrogens with zero attached hydrogens (tertiary/aromatic N) is 4. The van der Waals surface area contributed by atoms with E-state index in [1.54, 1.807) is 14.2 Å². The summed E-state index contributed by atoms with van der Waals surface area (Å²) < 4.78 is 10.9. The number of methoxy groups -OCH3 is 2. The Morgan fingerprint density at radius 3 is 2.03 bits per heavy atom. The van der Waals surface area contributed by atoms with Crippen LogP contribution in [0.15, 0.2) is 54.6 Å². The number of hydrogen-bond donors (Lipinski definition) is 0. The molecule has 3 aromatic rings. The largest absolute Gasteiger partial charge is 0.493 e. The third kappa shape index (κ3) is 4.17. The lowest BCUT2D eigenvalue weighted by Crippen LogP contribution is -2.45. The molecule has 0 aliphatic carbocycles. The quantitative estimate of drug-likeness (QED) is 0.664. The third-order valence-electron chi connectivity index (χ3n) is 5.25. The van der Waals surface area contributed by atoms with Crippen molar-refractivity contribution in [3.05, 3.63) is 54.6 Å². The van der Waals surface area contributed by atoms with Gasteiger partial charge >= 0.3 is 0 Å². The zero-order valence-electron chi connectivity index (χ0n) is 17.1. The summed E-state index contributed by atoms with van der Waals surface area (Å²) in [5.41, 5.74) is 3.83. The number of likely N-dealkylation sites (N-methyl/N-ethyl adjacent to an activating group) is 1. The summed E-state index contributed by atoms with van der Waals surface area (Å²) in [6.45, 7) is 3.84. The molecule has 0 spiro atoms. The number of benzene rings is 2. The second kappa shape index (κ2) is 8.49. The first-order valence-electron chi connectivity index (χ1n) is 9.78. The molecule has 0 amide bonds. The maximum atomic E-state index is 5.49. The minimum atomic E-state index is 0.686. The van der Waals surface area contributed by atoms with Crippen molar-refractivity contribution in [2.24, 2.45) is 0 Å². The molecule has 6 nitrogen and oxygen atoms in total. The molecule has 150 valence electrons. The number of anilines is 1.